The topological polar surface area (TPSA) is 20.2 Å². The molecule has 1 N–H and O–H groups in total. The number of rotatable bonds is 4. The predicted molar refractivity (Wildman–Crippen MR) is 49.6 cm³/mol. The van der Waals surface area contributed by atoms with Crippen LogP contribution in [0.15, 0.2) is 11.6 Å². The van der Waals surface area contributed by atoms with Gasteiger partial charge in [0, 0.05) is 0 Å². The Kier molecular flexibility index (Phi) is 4.43. The van der Waals surface area contributed by atoms with Gasteiger partial charge in [-0.25, -0.2) is 0 Å². The molecule has 0 aliphatic carbocycles. The maximum absolute atomic E-state index is 9.38. The van der Waals surface area contributed by atoms with Gasteiger partial charge in [0.15, 0.2) is 0 Å². The molecule has 0 unspecified atom stereocenters. The molecule has 0 amide bonds. The lowest BCUT2D eigenvalue weighted by Crippen LogP contribution is -2.17. The highest BCUT2D eigenvalue weighted by atomic mass is 16.3. The van der Waals surface area contributed by atoms with E-state index in [0.29, 0.717) is 0 Å². The van der Waals surface area contributed by atoms with Crippen molar-refractivity contribution >= 4 is 0 Å². The van der Waals surface area contributed by atoms with Crippen LogP contribution in [-0.2, 0) is 0 Å². The quantitative estimate of drug-likeness (QED) is 0.620. The summed E-state index contributed by atoms with van der Waals surface area (Å²) in [6, 6.07) is 0. The molecule has 1 nitrogen and oxygen atoms in total. The molecular weight excluding hydrogens is 136 g/mol. The second-order valence-electron chi connectivity index (χ2n) is 3.80. The van der Waals surface area contributed by atoms with Crippen LogP contribution in [-0.4, -0.2) is 10.7 Å². The lowest BCUT2D eigenvalue weighted by atomic mass is 9.99. The van der Waals surface area contributed by atoms with E-state index in [1.807, 2.05) is 13.8 Å². The molecule has 0 rings (SSSR count). The first-order valence-electron chi connectivity index (χ1n) is 4.30. The van der Waals surface area contributed by atoms with Crippen molar-refractivity contribution in [3.63, 3.8) is 0 Å². The summed E-state index contributed by atoms with van der Waals surface area (Å²) in [6.07, 6.45) is 5.21. The molecule has 0 heterocycles. The van der Waals surface area contributed by atoms with Crippen molar-refractivity contribution in [3.8, 4) is 0 Å². The molecule has 11 heavy (non-hydrogen) atoms. The number of hydrogen-bond acceptors (Lipinski definition) is 1. The number of aliphatic hydroxyl groups is 1. The second-order valence-corrected chi connectivity index (χ2v) is 3.80. The Morgan fingerprint density at radius 2 is 2.00 bits per heavy atom. The SMILES string of the molecule is C/C=C(\C)CCCC(C)(C)O. The summed E-state index contributed by atoms with van der Waals surface area (Å²) in [5, 5.41) is 9.38. The van der Waals surface area contributed by atoms with Crippen molar-refractivity contribution in [2.24, 2.45) is 0 Å². The zero-order chi connectivity index (χ0) is 8.91. The van der Waals surface area contributed by atoms with Crippen LogP contribution >= 0.6 is 0 Å². The highest BCUT2D eigenvalue weighted by molar-refractivity contribution is 4.95. The highest BCUT2D eigenvalue weighted by Gasteiger charge is 2.10. The molecule has 0 radical (unpaired) electrons. The Hall–Kier alpha value is -0.300. The van der Waals surface area contributed by atoms with Gasteiger partial charge in [0.05, 0.1) is 5.60 Å². The molecule has 0 aromatic carbocycles. The molecule has 0 aliphatic rings. The van der Waals surface area contributed by atoms with Crippen LogP contribution < -0.4 is 0 Å². The third-order valence-electron chi connectivity index (χ3n) is 1.85. The van der Waals surface area contributed by atoms with E-state index in [9.17, 15) is 5.11 Å². The maximum atomic E-state index is 9.38. The third kappa shape index (κ3) is 7.60. The van der Waals surface area contributed by atoms with Gasteiger partial charge in [0.25, 0.3) is 0 Å². The van der Waals surface area contributed by atoms with Crippen molar-refractivity contribution in [2.75, 3.05) is 0 Å². The average molecular weight is 156 g/mol. The molecule has 1 heteroatoms. The predicted octanol–water partition coefficient (Wildman–Crippen LogP) is 2.89. The van der Waals surface area contributed by atoms with E-state index in [-0.39, 0.29) is 0 Å². The summed E-state index contributed by atoms with van der Waals surface area (Å²) >= 11 is 0. The molecule has 0 aromatic heterocycles. The van der Waals surface area contributed by atoms with Gasteiger partial charge in [-0.3, -0.25) is 0 Å². The van der Waals surface area contributed by atoms with Gasteiger partial charge < -0.3 is 5.11 Å². The molecule has 66 valence electrons. The largest absolute Gasteiger partial charge is 0.390 e. The van der Waals surface area contributed by atoms with Gasteiger partial charge in [-0.1, -0.05) is 11.6 Å². The minimum absolute atomic E-state index is 0.492. The van der Waals surface area contributed by atoms with Crippen LogP contribution in [0.3, 0.4) is 0 Å². The lowest BCUT2D eigenvalue weighted by molar-refractivity contribution is 0.0689. The third-order valence-corrected chi connectivity index (χ3v) is 1.85. The minimum Gasteiger partial charge on any atom is -0.390 e. The molecule has 0 saturated carbocycles. The van der Waals surface area contributed by atoms with Crippen LogP contribution in [0.5, 0.6) is 0 Å². The fourth-order valence-corrected chi connectivity index (χ4v) is 0.944. The van der Waals surface area contributed by atoms with Crippen molar-refractivity contribution in [1.29, 1.82) is 0 Å². The van der Waals surface area contributed by atoms with E-state index in [1.54, 1.807) is 0 Å². The highest BCUT2D eigenvalue weighted by Crippen LogP contribution is 2.14. The molecule has 0 spiro atoms. The van der Waals surface area contributed by atoms with Crippen LogP contribution in [0.4, 0.5) is 0 Å². The van der Waals surface area contributed by atoms with E-state index in [2.05, 4.69) is 19.9 Å². The van der Waals surface area contributed by atoms with Crippen LogP contribution in [0.25, 0.3) is 0 Å². The zero-order valence-electron chi connectivity index (χ0n) is 8.15. The van der Waals surface area contributed by atoms with Crippen molar-refractivity contribution in [2.45, 2.75) is 52.6 Å². The minimum atomic E-state index is -0.492. The van der Waals surface area contributed by atoms with E-state index in [4.69, 9.17) is 0 Å². The van der Waals surface area contributed by atoms with Gasteiger partial charge in [0.2, 0.25) is 0 Å². The fraction of sp³-hybridized carbons (Fsp3) is 0.800. The fourth-order valence-electron chi connectivity index (χ4n) is 0.944. The Morgan fingerprint density at radius 3 is 2.36 bits per heavy atom. The van der Waals surface area contributed by atoms with E-state index >= 15 is 0 Å². The van der Waals surface area contributed by atoms with Gasteiger partial charge >= 0.3 is 0 Å². The summed E-state index contributed by atoms with van der Waals surface area (Å²) in [6.45, 7) is 7.90. The van der Waals surface area contributed by atoms with Crippen molar-refractivity contribution in [3.05, 3.63) is 11.6 Å². The van der Waals surface area contributed by atoms with E-state index < -0.39 is 5.60 Å². The Labute approximate surface area is 70.1 Å². The Morgan fingerprint density at radius 1 is 1.45 bits per heavy atom. The first-order valence-corrected chi connectivity index (χ1v) is 4.30. The van der Waals surface area contributed by atoms with Gasteiger partial charge in [-0.2, -0.15) is 0 Å². The zero-order valence-corrected chi connectivity index (χ0v) is 8.15. The Balaban J connectivity index is 3.43. The monoisotopic (exact) mass is 156 g/mol. The molecule has 0 atom stereocenters. The van der Waals surface area contributed by atoms with Crippen LogP contribution in [0, 0.1) is 0 Å². The van der Waals surface area contributed by atoms with Gasteiger partial charge in [0.1, 0.15) is 0 Å². The summed E-state index contributed by atoms with van der Waals surface area (Å²) in [5.74, 6) is 0. The van der Waals surface area contributed by atoms with Crippen molar-refractivity contribution in [1.82, 2.24) is 0 Å². The molecule has 0 bridgehead atoms. The van der Waals surface area contributed by atoms with Crippen LogP contribution in [0.1, 0.15) is 47.0 Å². The van der Waals surface area contributed by atoms with Crippen molar-refractivity contribution < 1.29 is 5.11 Å². The van der Waals surface area contributed by atoms with Crippen LogP contribution in [0.2, 0.25) is 0 Å². The summed E-state index contributed by atoms with van der Waals surface area (Å²) in [5.41, 5.74) is 0.919. The number of allylic oxidation sites excluding steroid dienone is 2. The maximum Gasteiger partial charge on any atom is 0.0591 e. The Bertz CT molecular complexity index is 128. The molecule has 0 fully saturated rings. The molecule has 0 aliphatic heterocycles. The normalized spacial score (nSPS) is 13.7. The number of hydrogen-bond donors (Lipinski definition) is 1. The summed E-state index contributed by atoms with van der Waals surface area (Å²) in [7, 11) is 0. The van der Waals surface area contributed by atoms with E-state index in [1.165, 1.54) is 5.57 Å². The standard InChI is InChI=1S/C10H20O/c1-5-9(2)7-6-8-10(3,4)11/h5,11H,6-8H2,1-4H3/b9-5+. The summed E-state index contributed by atoms with van der Waals surface area (Å²) in [4.78, 5) is 0. The average Bonchev–Trinajstić information content (AvgIpc) is 1.85. The molecular formula is C10H20O. The molecule has 0 aromatic rings. The van der Waals surface area contributed by atoms with Gasteiger partial charge in [-0.05, 0) is 47.0 Å². The lowest BCUT2D eigenvalue weighted by Gasteiger charge is -2.16. The first-order chi connectivity index (χ1) is 4.95. The second kappa shape index (κ2) is 4.55. The first kappa shape index (κ1) is 10.7. The van der Waals surface area contributed by atoms with Gasteiger partial charge in [-0.15, -0.1) is 0 Å². The smallest absolute Gasteiger partial charge is 0.0591 e. The summed E-state index contributed by atoms with van der Waals surface area (Å²) < 4.78 is 0. The molecule has 0 saturated heterocycles. The van der Waals surface area contributed by atoms with E-state index in [0.717, 1.165) is 19.3 Å².